The van der Waals surface area contributed by atoms with Crippen LogP contribution in [0.3, 0.4) is 0 Å². The minimum Gasteiger partial charge on any atom is -0.327 e. The molecule has 1 fully saturated rings. The second-order valence-corrected chi connectivity index (χ2v) is 6.30. The van der Waals surface area contributed by atoms with Crippen molar-refractivity contribution in [2.75, 3.05) is 13.1 Å². The predicted molar refractivity (Wildman–Crippen MR) is 88.6 cm³/mol. The van der Waals surface area contributed by atoms with Crippen LogP contribution in [0.15, 0.2) is 24.3 Å². The Morgan fingerprint density at radius 1 is 1.29 bits per heavy atom. The molecular weight excluding hydrogens is 258 g/mol. The van der Waals surface area contributed by atoms with Crippen molar-refractivity contribution in [1.82, 2.24) is 14.9 Å². The molecule has 1 saturated heterocycles. The largest absolute Gasteiger partial charge is 0.327 e. The minimum atomic E-state index is 0.578. The van der Waals surface area contributed by atoms with Gasteiger partial charge in [0.15, 0.2) is 0 Å². The molecule has 1 aromatic heterocycles. The number of fused-ring (bicyclic) bond motifs is 1. The first kappa shape index (κ1) is 14.6. The van der Waals surface area contributed by atoms with E-state index < -0.39 is 0 Å². The van der Waals surface area contributed by atoms with Crippen molar-refractivity contribution in [3.63, 3.8) is 0 Å². The van der Waals surface area contributed by atoms with Gasteiger partial charge in [-0.05, 0) is 56.8 Å². The topological polar surface area (TPSA) is 29.9 Å². The molecule has 3 nitrogen and oxygen atoms in total. The van der Waals surface area contributed by atoms with Gasteiger partial charge >= 0.3 is 0 Å². The summed E-state index contributed by atoms with van der Waals surface area (Å²) in [4.78, 5) is 4.96. The van der Waals surface area contributed by atoms with Crippen molar-refractivity contribution in [3.05, 3.63) is 30.1 Å². The van der Waals surface area contributed by atoms with Gasteiger partial charge in [0, 0.05) is 12.5 Å². The van der Waals surface area contributed by atoms with Gasteiger partial charge in [0.2, 0.25) is 0 Å². The molecule has 0 aliphatic carbocycles. The molecule has 0 saturated carbocycles. The molecule has 1 aromatic carbocycles. The third-order valence-electron chi connectivity index (χ3n) is 4.87. The van der Waals surface area contributed by atoms with Gasteiger partial charge in [-0.2, -0.15) is 0 Å². The highest BCUT2D eigenvalue weighted by Crippen LogP contribution is 2.28. The number of nitrogens with zero attached hydrogens (tertiary/aromatic N) is 2. The van der Waals surface area contributed by atoms with Gasteiger partial charge < -0.3 is 9.88 Å². The van der Waals surface area contributed by atoms with Gasteiger partial charge in [-0.15, -0.1) is 0 Å². The summed E-state index contributed by atoms with van der Waals surface area (Å²) in [6, 6.07) is 8.61. The molecule has 2 heterocycles. The molecule has 114 valence electrons. The van der Waals surface area contributed by atoms with Crippen LogP contribution >= 0.6 is 0 Å². The molecule has 0 amide bonds. The molecule has 1 aliphatic heterocycles. The van der Waals surface area contributed by atoms with E-state index >= 15 is 0 Å². The molecule has 0 radical (unpaired) electrons. The molecule has 0 bridgehead atoms. The van der Waals surface area contributed by atoms with Crippen molar-refractivity contribution >= 4 is 11.0 Å². The summed E-state index contributed by atoms with van der Waals surface area (Å²) in [6.45, 7) is 7.99. The maximum atomic E-state index is 4.96. The van der Waals surface area contributed by atoms with Crippen LogP contribution in [0.1, 0.15) is 51.3 Å². The van der Waals surface area contributed by atoms with E-state index in [2.05, 4.69) is 48.0 Å². The summed E-state index contributed by atoms with van der Waals surface area (Å²) < 4.78 is 2.50. The summed E-state index contributed by atoms with van der Waals surface area (Å²) in [7, 11) is 0. The Labute approximate surface area is 127 Å². The third-order valence-corrected chi connectivity index (χ3v) is 4.87. The Morgan fingerprint density at radius 2 is 2.10 bits per heavy atom. The van der Waals surface area contributed by atoms with Crippen LogP contribution < -0.4 is 5.32 Å². The molecule has 3 rings (SSSR count). The first-order valence-electron chi connectivity index (χ1n) is 8.49. The van der Waals surface area contributed by atoms with E-state index in [1.165, 1.54) is 43.6 Å². The molecular formula is C18H27N3. The third kappa shape index (κ3) is 2.98. The van der Waals surface area contributed by atoms with Gasteiger partial charge in [0.25, 0.3) is 0 Å². The van der Waals surface area contributed by atoms with Crippen molar-refractivity contribution in [1.29, 1.82) is 0 Å². The van der Waals surface area contributed by atoms with Crippen molar-refractivity contribution in [2.24, 2.45) is 5.92 Å². The van der Waals surface area contributed by atoms with E-state index in [1.54, 1.807) is 0 Å². The fourth-order valence-corrected chi connectivity index (χ4v) is 3.59. The first-order valence-corrected chi connectivity index (χ1v) is 8.49. The van der Waals surface area contributed by atoms with Gasteiger partial charge in [-0.3, -0.25) is 0 Å². The molecule has 0 spiro atoms. The number of nitrogens with one attached hydrogen (secondary N) is 1. The fourth-order valence-electron chi connectivity index (χ4n) is 3.59. The summed E-state index contributed by atoms with van der Waals surface area (Å²) >= 11 is 0. The Hall–Kier alpha value is -1.35. The molecule has 1 atom stereocenters. The average molecular weight is 285 g/mol. The minimum absolute atomic E-state index is 0.578. The van der Waals surface area contributed by atoms with E-state index in [1.807, 2.05) is 0 Å². The Balaban J connectivity index is 1.98. The first-order chi connectivity index (χ1) is 10.3. The van der Waals surface area contributed by atoms with Crippen LogP contribution in [0, 0.1) is 5.92 Å². The number of hydrogen-bond acceptors (Lipinski definition) is 2. The molecule has 1 unspecified atom stereocenters. The van der Waals surface area contributed by atoms with Crippen LogP contribution in [-0.2, 0) is 6.54 Å². The highest BCUT2D eigenvalue weighted by molar-refractivity contribution is 5.76. The predicted octanol–water partition coefficient (Wildman–Crippen LogP) is 3.94. The molecule has 21 heavy (non-hydrogen) atoms. The fraction of sp³-hybridized carbons (Fsp3) is 0.611. The lowest BCUT2D eigenvalue weighted by Crippen LogP contribution is -2.32. The molecule has 1 aliphatic rings. The Bertz CT molecular complexity index is 577. The zero-order valence-corrected chi connectivity index (χ0v) is 13.3. The Morgan fingerprint density at radius 3 is 2.81 bits per heavy atom. The second-order valence-electron chi connectivity index (χ2n) is 6.30. The second kappa shape index (κ2) is 6.61. The van der Waals surface area contributed by atoms with Crippen molar-refractivity contribution in [3.8, 4) is 0 Å². The number of imidazole rings is 1. The molecule has 3 heteroatoms. The van der Waals surface area contributed by atoms with Gasteiger partial charge in [0.05, 0.1) is 11.0 Å². The number of benzene rings is 1. The monoisotopic (exact) mass is 285 g/mol. The summed E-state index contributed by atoms with van der Waals surface area (Å²) in [6.07, 6.45) is 4.98. The average Bonchev–Trinajstić information content (AvgIpc) is 2.89. The normalized spacial score (nSPS) is 19.5. The number of rotatable bonds is 5. The van der Waals surface area contributed by atoms with E-state index in [4.69, 9.17) is 4.98 Å². The number of hydrogen-bond donors (Lipinski definition) is 1. The molecule has 1 N–H and O–H groups in total. The van der Waals surface area contributed by atoms with E-state index in [0.29, 0.717) is 5.92 Å². The van der Waals surface area contributed by atoms with Crippen LogP contribution in [0.25, 0.3) is 11.0 Å². The standard InChI is InChI=1S/C18H27N3/c1-3-15(4-2)18-20-16-9-5-6-10-17(16)21(18)13-14-8-7-11-19-12-14/h5-6,9-10,14-15,19H,3-4,7-8,11-13H2,1-2H3. The maximum Gasteiger partial charge on any atom is 0.112 e. The SMILES string of the molecule is CCC(CC)c1nc2ccccc2n1CC1CCCNC1. The number of aromatic nitrogens is 2. The zero-order valence-electron chi connectivity index (χ0n) is 13.3. The number of para-hydroxylation sites is 2. The summed E-state index contributed by atoms with van der Waals surface area (Å²) in [5.41, 5.74) is 2.47. The summed E-state index contributed by atoms with van der Waals surface area (Å²) in [5, 5.41) is 3.54. The lowest BCUT2D eigenvalue weighted by atomic mass is 9.98. The number of piperidine rings is 1. The van der Waals surface area contributed by atoms with Gasteiger partial charge in [-0.25, -0.2) is 4.98 Å². The smallest absolute Gasteiger partial charge is 0.112 e. The lowest BCUT2D eigenvalue weighted by Gasteiger charge is -2.25. The van der Waals surface area contributed by atoms with Crippen LogP contribution in [-0.4, -0.2) is 22.6 Å². The van der Waals surface area contributed by atoms with Crippen LogP contribution in [0.4, 0.5) is 0 Å². The van der Waals surface area contributed by atoms with Crippen LogP contribution in [0.5, 0.6) is 0 Å². The molecule has 2 aromatic rings. The van der Waals surface area contributed by atoms with Gasteiger partial charge in [-0.1, -0.05) is 26.0 Å². The maximum absolute atomic E-state index is 4.96. The van der Waals surface area contributed by atoms with E-state index in [-0.39, 0.29) is 0 Å². The highest BCUT2D eigenvalue weighted by atomic mass is 15.1. The lowest BCUT2D eigenvalue weighted by molar-refractivity contribution is 0.333. The van der Waals surface area contributed by atoms with Crippen molar-refractivity contribution in [2.45, 2.75) is 52.0 Å². The zero-order chi connectivity index (χ0) is 14.7. The quantitative estimate of drug-likeness (QED) is 0.901. The van der Waals surface area contributed by atoms with Crippen molar-refractivity contribution < 1.29 is 0 Å². The van der Waals surface area contributed by atoms with Crippen LogP contribution in [0.2, 0.25) is 0 Å². The Kier molecular flexibility index (Phi) is 4.59. The van der Waals surface area contributed by atoms with E-state index in [0.717, 1.165) is 24.5 Å². The summed E-state index contributed by atoms with van der Waals surface area (Å²) in [5.74, 6) is 2.62. The van der Waals surface area contributed by atoms with Gasteiger partial charge in [0.1, 0.15) is 5.82 Å². The highest BCUT2D eigenvalue weighted by Gasteiger charge is 2.21. The van der Waals surface area contributed by atoms with E-state index in [9.17, 15) is 0 Å².